The Kier molecular flexibility index (Phi) is 4.70. The van der Waals surface area contributed by atoms with Crippen molar-refractivity contribution in [3.05, 3.63) is 78.0 Å². The fourth-order valence-corrected chi connectivity index (χ4v) is 3.57. The van der Waals surface area contributed by atoms with Gasteiger partial charge in [-0.3, -0.25) is 9.89 Å². The van der Waals surface area contributed by atoms with E-state index in [2.05, 4.69) is 20.5 Å². The van der Waals surface area contributed by atoms with Crippen LogP contribution in [0.4, 0.5) is 4.39 Å². The summed E-state index contributed by atoms with van der Waals surface area (Å²) in [7, 11) is 1.61. The van der Waals surface area contributed by atoms with Crippen LogP contribution in [0.3, 0.4) is 0 Å². The minimum Gasteiger partial charge on any atom is -0.497 e. The first-order chi connectivity index (χ1) is 15.1. The molecule has 8 nitrogen and oxygen atoms in total. The number of aromatic amines is 1. The van der Waals surface area contributed by atoms with Crippen LogP contribution in [0, 0.1) is 5.82 Å². The second-order valence-electron chi connectivity index (χ2n) is 7.37. The molecule has 0 unspecified atom stereocenters. The van der Waals surface area contributed by atoms with E-state index in [1.54, 1.807) is 36.4 Å². The van der Waals surface area contributed by atoms with E-state index in [9.17, 15) is 9.18 Å². The Labute approximate surface area is 177 Å². The number of ether oxygens (including phenoxy) is 1. The van der Waals surface area contributed by atoms with E-state index >= 15 is 0 Å². The van der Waals surface area contributed by atoms with Crippen LogP contribution < -0.4 is 4.74 Å². The van der Waals surface area contributed by atoms with Crippen LogP contribution in [0.5, 0.6) is 5.75 Å². The number of halogens is 1. The minimum atomic E-state index is -0.331. The number of methoxy groups -OCH3 is 1. The number of hydrogen-bond donors (Lipinski definition) is 1. The molecule has 0 spiro atoms. The normalized spacial score (nSPS) is 13.8. The number of rotatable bonds is 5. The van der Waals surface area contributed by atoms with Crippen molar-refractivity contribution >= 4 is 5.91 Å². The zero-order valence-electron chi connectivity index (χ0n) is 16.7. The molecule has 2 aromatic carbocycles. The molecule has 1 aliphatic rings. The Bertz CT molecular complexity index is 1240. The molecule has 9 heteroatoms. The van der Waals surface area contributed by atoms with Gasteiger partial charge in [-0.15, -0.1) is 5.10 Å². The van der Waals surface area contributed by atoms with Gasteiger partial charge in [0.05, 0.1) is 30.4 Å². The van der Waals surface area contributed by atoms with Gasteiger partial charge in [-0.05, 0) is 36.4 Å². The average molecular weight is 418 g/mol. The average Bonchev–Trinajstić information content (AvgIpc) is 3.43. The zero-order chi connectivity index (χ0) is 21.4. The van der Waals surface area contributed by atoms with Crippen molar-refractivity contribution in [2.75, 3.05) is 20.2 Å². The highest BCUT2D eigenvalue weighted by atomic mass is 19.1. The molecule has 0 atom stereocenters. The fraction of sp³-hybridized carbons (Fsp3) is 0.182. The van der Waals surface area contributed by atoms with E-state index in [4.69, 9.17) is 4.74 Å². The summed E-state index contributed by atoms with van der Waals surface area (Å²) in [4.78, 5) is 14.5. The molecule has 4 aromatic rings. The number of aromatic nitrogens is 5. The predicted octanol–water partition coefficient (Wildman–Crippen LogP) is 3.04. The molecule has 3 heterocycles. The molecule has 31 heavy (non-hydrogen) atoms. The Morgan fingerprint density at radius 1 is 1.16 bits per heavy atom. The maximum Gasteiger partial charge on any atom is 0.271 e. The third-order valence-corrected chi connectivity index (χ3v) is 5.34. The number of benzene rings is 2. The summed E-state index contributed by atoms with van der Waals surface area (Å²) in [5, 5.41) is 15.4. The summed E-state index contributed by atoms with van der Waals surface area (Å²) in [5.41, 5.74) is 3.35. The van der Waals surface area contributed by atoms with Gasteiger partial charge in [-0.25, -0.2) is 9.07 Å². The van der Waals surface area contributed by atoms with E-state index in [0.29, 0.717) is 30.2 Å². The lowest BCUT2D eigenvalue weighted by atomic mass is 9.96. The molecule has 5 rings (SSSR count). The van der Waals surface area contributed by atoms with Crippen molar-refractivity contribution in [1.29, 1.82) is 0 Å². The maximum atomic E-state index is 13.4. The molecular formula is C22H19FN6O2. The molecule has 1 aliphatic heterocycles. The van der Waals surface area contributed by atoms with Crippen molar-refractivity contribution in [3.63, 3.8) is 0 Å². The van der Waals surface area contributed by atoms with Crippen LogP contribution in [0.2, 0.25) is 0 Å². The summed E-state index contributed by atoms with van der Waals surface area (Å²) < 4.78 is 20.2. The van der Waals surface area contributed by atoms with Crippen molar-refractivity contribution in [2.45, 2.75) is 5.92 Å². The highest BCUT2D eigenvalue weighted by Gasteiger charge is 2.35. The number of likely N-dealkylation sites (tertiary alicyclic amines) is 1. The van der Waals surface area contributed by atoms with Crippen LogP contribution in [0.25, 0.3) is 16.9 Å². The summed E-state index contributed by atoms with van der Waals surface area (Å²) in [6.45, 7) is 1.07. The summed E-state index contributed by atoms with van der Waals surface area (Å²) in [6, 6.07) is 15.4. The highest BCUT2D eigenvalue weighted by Crippen LogP contribution is 2.28. The molecule has 1 amide bonds. The number of nitrogens with one attached hydrogen (secondary N) is 1. The summed E-state index contributed by atoms with van der Waals surface area (Å²) in [6.07, 6.45) is 1.78. The van der Waals surface area contributed by atoms with Gasteiger partial charge in [0.2, 0.25) is 0 Å². The second-order valence-corrected chi connectivity index (χ2v) is 7.37. The van der Waals surface area contributed by atoms with Gasteiger partial charge in [0, 0.05) is 24.6 Å². The first kappa shape index (κ1) is 19.0. The van der Waals surface area contributed by atoms with Crippen LogP contribution in [0.1, 0.15) is 22.1 Å². The number of H-pyrrole nitrogens is 1. The summed E-state index contributed by atoms with van der Waals surface area (Å²) in [5.74, 6) is 0.371. The second kappa shape index (κ2) is 7.67. The Morgan fingerprint density at radius 3 is 2.81 bits per heavy atom. The Balaban J connectivity index is 1.24. The molecule has 0 bridgehead atoms. The fourth-order valence-electron chi connectivity index (χ4n) is 3.57. The van der Waals surface area contributed by atoms with Gasteiger partial charge in [0.1, 0.15) is 17.3 Å². The van der Waals surface area contributed by atoms with Gasteiger partial charge < -0.3 is 9.64 Å². The van der Waals surface area contributed by atoms with Crippen LogP contribution in [0.15, 0.2) is 60.8 Å². The molecule has 1 N–H and O–H groups in total. The van der Waals surface area contributed by atoms with Crippen LogP contribution in [-0.4, -0.2) is 56.2 Å². The molecule has 1 fully saturated rings. The lowest BCUT2D eigenvalue weighted by Gasteiger charge is -2.37. The molecule has 2 aromatic heterocycles. The molecular weight excluding hydrogens is 399 g/mol. The van der Waals surface area contributed by atoms with E-state index in [-0.39, 0.29) is 17.6 Å². The highest BCUT2D eigenvalue weighted by molar-refractivity contribution is 5.94. The molecule has 1 saturated heterocycles. The topological polar surface area (TPSA) is 88.9 Å². The van der Waals surface area contributed by atoms with E-state index in [0.717, 1.165) is 17.0 Å². The predicted molar refractivity (Wildman–Crippen MR) is 111 cm³/mol. The number of carbonyl (C=O) groups is 1. The lowest BCUT2D eigenvalue weighted by molar-refractivity contribution is 0.0592. The van der Waals surface area contributed by atoms with Crippen molar-refractivity contribution in [1.82, 2.24) is 30.1 Å². The molecule has 0 aliphatic carbocycles. The first-order valence-corrected chi connectivity index (χ1v) is 9.78. The number of carbonyl (C=O) groups excluding carboxylic acids is 1. The van der Waals surface area contributed by atoms with Gasteiger partial charge in [0.25, 0.3) is 5.91 Å². The quantitative estimate of drug-likeness (QED) is 0.538. The maximum absolute atomic E-state index is 13.4. The monoisotopic (exact) mass is 418 g/mol. The van der Waals surface area contributed by atoms with E-state index < -0.39 is 0 Å². The zero-order valence-corrected chi connectivity index (χ0v) is 16.7. The first-order valence-electron chi connectivity index (χ1n) is 9.78. The number of nitrogens with zero attached hydrogens (tertiary/aromatic N) is 5. The van der Waals surface area contributed by atoms with Crippen LogP contribution in [-0.2, 0) is 0 Å². The van der Waals surface area contributed by atoms with Crippen molar-refractivity contribution in [2.24, 2.45) is 0 Å². The van der Waals surface area contributed by atoms with Gasteiger partial charge >= 0.3 is 0 Å². The minimum absolute atomic E-state index is 0.0898. The van der Waals surface area contributed by atoms with Crippen molar-refractivity contribution < 1.29 is 13.9 Å². The Hall–Kier alpha value is -4.01. The third-order valence-electron chi connectivity index (χ3n) is 5.34. The largest absolute Gasteiger partial charge is 0.497 e. The molecule has 0 radical (unpaired) electrons. The van der Waals surface area contributed by atoms with Crippen LogP contribution >= 0.6 is 0 Å². The van der Waals surface area contributed by atoms with E-state index in [1.165, 1.54) is 16.8 Å². The Morgan fingerprint density at radius 2 is 2.00 bits per heavy atom. The van der Waals surface area contributed by atoms with Gasteiger partial charge in [0.15, 0.2) is 0 Å². The summed E-state index contributed by atoms with van der Waals surface area (Å²) >= 11 is 0. The number of amides is 1. The van der Waals surface area contributed by atoms with E-state index in [1.807, 2.05) is 24.3 Å². The molecule has 156 valence electrons. The SMILES string of the molecule is COc1cccc(-c2cc(C(=O)N3CC(c4cn(-c5cccc(F)c5)nn4)C3)[nH]n2)c1. The smallest absolute Gasteiger partial charge is 0.271 e. The van der Waals surface area contributed by atoms with Crippen molar-refractivity contribution in [3.8, 4) is 22.7 Å². The van der Waals surface area contributed by atoms with Gasteiger partial charge in [-0.1, -0.05) is 23.4 Å². The lowest BCUT2D eigenvalue weighted by Crippen LogP contribution is -2.48. The van der Waals surface area contributed by atoms with Gasteiger partial charge in [-0.2, -0.15) is 5.10 Å². The third kappa shape index (κ3) is 3.65. The standard InChI is InChI=1S/C22H19FN6O2/c1-31-18-7-2-4-14(8-18)19-10-20(25-24-19)22(30)28-11-15(12-28)21-13-29(27-26-21)17-6-3-5-16(23)9-17/h2-10,13,15H,11-12H2,1H3,(H,24,25). The molecule has 0 saturated carbocycles. The number of hydrogen-bond acceptors (Lipinski definition) is 5.